The van der Waals surface area contributed by atoms with Gasteiger partial charge in [-0.1, -0.05) is 12.1 Å². The van der Waals surface area contributed by atoms with Crippen molar-refractivity contribution in [3.8, 4) is 5.75 Å². The number of ether oxygens (including phenoxy) is 1. The SMILES string of the molecule is FC(F)(F)Oc1ccc(C2CN2)cc1. The zero-order valence-electron chi connectivity index (χ0n) is 7.14. The van der Waals surface area contributed by atoms with Gasteiger partial charge in [0.25, 0.3) is 0 Å². The van der Waals surface area contributed by atoms with Crippen LogP contribution in [0.3, 0.4) is 0 Å². The van der Waals surface area contributed by atoms with Gasteiger partial charge in [0.05, 0.1) is 0 Å². The van der Waals surface area contributed by atoms with Crippen molar-refractivity contribution in [1.29, 1.82) is 0 Å². The van der Waals surface area contributed by atoms with Crippen LogP contribution in [0.4, 0.5) is 13.2 Å². The fourth-order valence-corrected chi connectivity index (χ4v) is 1.20. The Kier molecular flexibility index (Phi) is 2.11. The van der Waals surface area contributed by atoms with Gasteiger partial charge in [-0.05, 0) is 17.7 Å². The van der Waals surface area contributed by atoms with Crippen LogP contribution in [0.5, 0.6) is 5.75 Å². The van der Waals surface area contributed by atoms with Crippen molar-refractivity contribution in [2.24, 2.45) is 0 Å². The van der Waals surface area contributed by atoms with Crippen molar-refractivity contribution in [2.75, 3.05) is 6.54 Å². The van der Waals surface area contributed by atoms with Crippen molar-refractivity contribution < 1.29 is 17.9 Å². The number of hydrogen-bond donors (Lipinski definition) is 1. The number of hydrogen-bond acceptors (Lipinski definition) is 2. The molecule has 1 aliphatic heterocycles. The lowest BCUT2D eigenvalue weighted by Crippen LogP contribution is -2.17. The summed E-state index contributed by atoms with van der Waals surface area (Å²) in [5.74, 6) is -0.179. The maximum Gasteiger partial charge on any atom is 0.573 e. The predicted molar refractivity (Wildman–Crippen MR) is 43.9 cm³/mol. The highest BCUT2D eigenvalue weighted by Crippen LogP contribution is 2.26. The van der Waals surface area contributed by atoms with Gasteiger partial charge in [-0.3, -0.25) is 0 Å². The number of rotatable bonds is 2. The maximum atomic E-state index is 11.8. The topological polar surface area (TPSA) is 31.2 Å². The van der Waals surface area contributed by atoms with E-state index in [4.69, 9.17) is 0 Å². The van der Waals surface area contributed by atoms with Crippen LogP contribution in [-0.4, -0.2) is 12.9 Å². The molecule has 1 aliphatic rings. The largest absolute Gasteiger partial charge is 0.573 e. The number of alkyl halides is 3. The predicted octanol–water partition coefficient (Wildman–Crippen LogP) is 2.23. The Morgan fingerprint density at radius 3 is 2.21 bits per heavy atom. The lowest BCUT2D eigenvalue weighted by atomic mass is 10.1. The normalized spacial score (nSPS) is 20.6. The van der Waals surface area contributed by atoms with Crippen LogP contribution >= 0.6 is 0 Å². The molecule has 0 aromatic heterocycles. The van der Waals surface area contributed by atoms with Gasteiger partial charge in [0.1, 0.15) is 5.75 Å². The van der Waals surface area contributed by atoms with Crippen LogP contribution in [0.25, 0.3) is 0 Å². The zero-order valence-corrected chi connectivity index (χ0v) is 7.14. The highest BCUT2D eigenvalue weighted by molar-refractivity contribution is 5.31. The monoisotopic (exact) mass is 203 g/mol. The number of nitrogens with one attached hydrogen (secondary N) is 1. The second-order valence-corrected chi connectivity index (χ2v) is 3.08. The minimum absolute atomic E-state index is 0.179. The molecule has 0 aliphatic carbocycles. The van der Waals surface area contributed by atoms with Crippen molar-refractivity contribution in [3.63, 3.8) is 0 Å². The van der Waals surface area contributed by atoms with Crippen LogP contribution < -0.4 is 10.1 Å². The third-order valence-corrected chi connectivity index (χ3v) is 1.92. The van der Waals surface area contributed by atoms with Gasteiger partial charge in [0.15, 0.2) is 0 Å². The van der Waals surface area contributed by atoms with Crippen molar-refractivity contribution in [1.82, 2.24) is 5.32 Å². The molecule has 1 aromatic rings. The van der Waals surface area contributed by atoms with Crippen LogP contribution in [0.1, 0.15) is 11.6 Å². The van der Waals surface area contributed by atoms with Crippen molar-refractivity contribution >= 4 is 0 Å². The molecule has 2 nitrogen and oxygen atoms in total. The van der Waals surface area contributed by atoms with Gasteiger partial charge in [-0.2, -0.15) is 0 Å². The molecule has 1 N–H and O–H groups in total. The molecule has 5 heteroatoms. The molecule has 1 saturated heterocycles. The number of halogens is 3. The molecule has 14 heavy (non-hydrogen) atoms. The molecule has 0 bridgehead atoms. The summed E-state index contributed by atoms with van der Waals surface area (Å²) in [6.45, 7) is 0.888. The van der Waals surface area contributed by atoms with Crippen LogP contribution in [0.2, 0.25) is 0 Å². The van der Waals surface area contributed by atoms with E-state index in [0.29, 0.717) is 6.04 Å². The summed E-state index contributed by atoms with van der Waals surface area (Å²) >= 11 is 0. The highest BCUT2D eigenvalue weighted by atomic mass is 19.4. The van der Waals surface area contributed by atoms with Crippen molar-refractivity contribution in [2.45, 2.75) is 12.4 Å². The molecule has 1 unspecified atom stereocenters. The van der Waals surface area contributed by atoms with Crippen LogP contribution in [0, 0.1) is 0 Å². The van der Waals surface area contributed by atoms with E-state index in [1.54, 1.807) is 12.1 Å². The molecule has 0 radical (unpaired) electrons. The third-order valence-electron chi connectivity index (χ3n) is 1.92. The fourth-order valence-electron chi connectivity index (χ4n) is 1.20. The lowest BCUT2D eigenvalue weighted by Gasteiger charge is -2.08. The van der Waals surface area contributed by atoms with Crippen LogP contribution in [0.15, 0.2) is 24.3 Å². The van der Waals surface area contributed by atoms with E-state index in [1.165, 1.54) is 12.1 Å². The molecule has 1 heterocycles. The summed E-state index contributed by atoms with van der Waals surface area (Å²) < 4.78 is 39.1. The Bertz CT molecular complexity index is 316. The van der Waals surface area contributed by atoms with E-state index in [9.17, 15) is 13.2 Å². The average molecular weight is 203 g/mol. The molecular weight excluding hydrogens is 195 g/mol. The van der Waals surface area contributed by atoms with Gasteiger partial charge < -0.3 is 10.1 Å². The zero-order chi connectivity index (χ0) is 10.2. The van der Waals surface area contributed by atoms with E-state index in [-0.39, 0.29) is 5.75 Å². The lowest BCUT2D eigenvalue weighted by molar-refractivity contribution is -0.274. The van der Waals surface area contributed by atoms with Gasteiger partial charge in [0.2, 0.25) is 0 Å². The standard InChI is InChI=1S/C9H8F3NO/c10-9(11,12)14-7-3-1-6(2-4-7)8-5-13-8/h1-4,8,13H,5H2. The molecule has 1 fully saturated rings. The first-order chi connectivity index (χ1) is 6.54. The number of benzene rings is 1. The van der Waals surface area contributed by atoms with E-state index in [0.717, 1.165) is 12.1 Å². The molecule has 0 spiro atoms. The molecule has 76 valence electrons. The van der Waals surface area contributed by atoms with Crippen LogP contribution in [-0.2, 0) is 0 Å². The first kappa shape index (κ1) is 9.33. The molecule has 1 atom stereocenters. The quantitative estimate of drug-likeness (QED) is 0.747. The van der Waals surface area contributed by atoms with Gasteiger partial charge in [0, 0.05) is 12.6 Å². The van der Waals surface area contributed by atoms with E-state index >= 15 is 0 Å². The molecule has 1 aromatic carbocycles. The first-order valence-electron chi connectivity index (χ1n) is 4.14. The first-order valence-corrected chi connectivity index (χ1v) is 4.14. The fraction of sp³-hybridized carbons (Fsp3) is 0.333. The maximum absolute atomic E-state index is 11.8. The summed E-state index contributed by atoms with van der Waals surface area (Å²) in [5, 5.41) is 3.06. The Balaban J connectivity index is 2.06. The van der Waals surface area contributed by atoms with E-state index in [1.807, 2.05) is 0 Å². The molecule has 2 rings (SSSR count). The highest BCUT2D eigenvalue weighted by Gasteiger charge is 2.31. The second kappa shape index (κ2) is 3.16. The Morgan fingerprint density at radius 2 is 1.79 bits per heavy atom. The Labute approximate surface area is 78.7 Å². The Hall–Kier alpha value is -1.23. The van der Waals surface area contributed by atoms with E-state index < -0.39 is 6.36 Å². The summed E-state index contributed by atoms with van der Waals surface area (Å²) in [6.07, 6.45) is -4.61. The van der Waals surface area contributed by atoms with Gasteiger partial charge in [-0.25, -0.2) is 0 Å². The summed E-state index contributed by atoms with van der Waals surface area (Å²) in [5.41, 5.74) is 0.986. The minimum atomic E-state index is -4.61. The molecule has 0 saturated carbocycles. The summed E-state index contributed by atoms with van der Waals surface area (Å²) in [6, 6.07) is 6.21. The van der Waals surface area contributed by atoms with Gasteiger partial charge >= 0.3 is 6.36 Å². The third kappa shape index (κ3) is 2.38. The molecule has 0 amide bonds. The minimum Gasteiger partial charge on any atom is -0.406 e. The molecular formula is C9H8F3NO. The summed E-state index contributed by atoms with van der Waals surface area (Å²) in [7, 11) is 0. The van der Waals surface area contributed by atoms with Crippen molar-refractivity contribution in [3.05, 3.63) is 29.8 Å². The van der Waals surface area contributed by atoms with Gasteiger partial charge in [-0.15, -0.1) is 13.2 Å². The second-order valence-electron chi connectivity index (χ2n) is 3.08. The van der Waals surface area contributed by atoms with E-state index in [2.05, 4.69) is 10.1 Å². The smallest absolute Gasteiger partial charge is 0.406 e. The Morgan fingerprint density at radius 1 is 1.21 bits per heavy atom. The summed E-state index contributed by atoms with van der Waals surface area (Å²) in [4.78, 5) is 0. The average Bonchev–Trinajstić information content (AvgIpc) is 2.85.